The minimum atomic E-state index is -1.19. The van der Waals surface area contributed by atoms with Gasteiger partial charge in [0.25, 0.3) is 5.91 Å². The molecule has 0 aliphatic heterocycles. The number of rotatable bonds is 1. The Labute approximate surface area is 115 Å². The van der Waals surface area contributed by atoms with Gasteiger partial charge in [0, 0.05) is 6.07 Å². The van der Waals surface area contributed by atoms with Crippen LogP contribution in [-0.4, -0.2) is 10.9 Å². The fourth-order valence-electron chi connectivity index (χ4n) is 1.99. The SMILES string of the molecule is NC(=O)c1cc2c(=O)c3cc(F)c(F)cc3oc2nc1N. The molecule has 2 heterocycles. The third kappa shape index (κ3) is 1.88. The van der Waals surface area contributed by atoms with Gasteiger partial charge in [0.05, 0.1) is 16.3 Å². The van der Waals surface area contributed by atoms with Crippen LogP contribution < -0.4 is 16.9 Å². The van der Waals surface area contributed by atoms with Gasteiger partial charge in [-0.2, -0.15) is 4.98 Å². The number of aromatic nitrogens is 1. The van der Waals surface area contributed by atoms with Crippen LogP contribution in [0.5, 0.6) is 0 Å². The summed E-state index contributed by atoms with van der Waals surface area (Å²) in [6.07, 6.45) is 0. The second kappa shape index (κ2) is 4.23. The normalized spacial score (nSPS) is 11.1. The van der Waals surface area contributed by atoms with E-state index in [1.54, 1.807) is 0 Å². The van der Waals surface area contributed by atoms with Crippen LogP contribution in [0.3, 0.4) is 0 Å². The number of halogens is 2. The Morgan fingerprint density at radius 2 is 1.81 bits per heavy atom. The minimum Gasteiger partial charge on any atom is -0.437 e. The van der Waals surface area contributed by atoms with E-state index in [0.29, 0.717) is 0 Å². The van der Waals surface area contributed by atoms with E-state index in [1.165, 1.54) is 0 Å². The van der Waals surface area contributed by atoms with Crippen LogP contribution in [0.1, 0.15) is 10.4 Å². The summed E-state index contributed by atoms with van der Waals surface area (Å²) in [4.78, 5) is 27.2. The molecule has 3 rings (SSSR count). The molecule has 6 nitrogen and oxygen atoms in total. The van der Waals surface area contributed by atoms with Gasteiger partial charge in [-0.3, -0.25) is 9.59 Å². The number of hydrogen-bond acceptors (Lipinski definition) is 5. The molecule has 0 saturated carbocycles. The molecule has 106 valence electrons. The maximum atomic E-state index is 13.2. The summed E-state index contributed by atoms with van der Waals surface area (Å²) in [6, 6.07) is 2.58. The molecule has 21 heavy (non-hydrogen) atoms. The number of hydrogen-bond donors (Lipinski definition) is 2. The first-order valence-electron chi connectivity index (χ1n) is 5.70. The van der Waals surface area contributed by atoms with Crippen molar-refractivity contribution in [3.05, 3.63) is 45.6 Å². The largest absolute Gasteiger partial charge is 0.437 e. The zero-order valence-corrected chi connectivity index (χ0v) is 10.3. The van der Waals surface area contributed by atoms with Gasteiger partial charge in [-0.1, -0.05) is 0 Å². The molecule has 0 aliphatic rings. The molecule has 0 radical (unpaired) electrons. The highest BCUT2D eigenvalue weighted by Crippen LogP contribution is 2.22. The molecule has 4 N–H and O–H groups in total. The van der Waals surface area contributed by atoms with Gasteiger partial charge in [-0.25, -0.2) is 8.78 Å². The maximum absolute atomic E-state index is 13.2. The van der Waals surface area contributed by atoms with Crippen molar-refractivity contribution in [2.24, 2.45) is 5.73 Å². The predicted octanol–water partition coefficient (Wildman–Crippen LogP) is 1.30. The highest BCUT2D eigenvalue weighted by Gasteiger charge is 2.16. The number of nitrogens with zero attached hydrogens (tertiary/aromatic N) is 1. The molecular weight excluding hydrogens is 284 g/mol. The second-order valence-corrected chi connectivity index (χ2v) is 4.33. The number of amides is 1. The van der Waals surface area contributed by atoms with Gasteiger partial charge >= 0.3 is 0 Å². The van der Waals surface area contributed by atoms with Crippen molar-refractivity contribution < 1.29 is 18.0 Å². The van der Waals surface area contributed by atoms with Crippen LogP contribution >= 0.6 is 0 Å². The lowest BCUT2D eigenvalue weighted by molar-refractivity contribution is 0.100. The van der Waals surface area contributed by atoms with Gasteiger partial charge in [0.1, 0.15) is 11.4 Å². The lowest BCUT2D eigenvalue weighted by Gasteiger charge is -2.05. The molecule has 8 heteroatoms. The maximum Gasteiger partial charge on any atom is 0.252 e. The topological polar surface area (TPSA) is 112 Å². The number of pyridine rings is 1. The third-order valence-corrected chi connectivity index (χ3v) is 3.00. The van der Waals surface area contributed by atoms with Crippen molar-refractivity contribution in [3.63, 3.8) is 0 Å². The molecule has 0 aliphatic carbocycles. The third-order valence-electron chi connectivity index (χ3n) is 3.00. The van der Waals surface area contributed by atoms with Crippen molar-refractivity contribution >= 4 is 33.8 Å². The van der Waals surface area contributed by atoms with Crippen molar-refractivity contribution in [1.29, 1.82) is 0 Å². The molecule has 0 spiro atoms. The standard InChI is InChI=1S/C13H7F2N3O3/c14-7-2-4-9(3-8(7)15)21-13-5(10(4)19)1-6(12(17)20)11(16)18-13/h1-3H,(H2,16,18)(H2,17,20). The Hall–Kier alpha value is -3.03. The average Bonchev–Trinajstić information content (AvgIpc) is 2.40. The van der Waals surface area contributed by atoms with E-state index in [1.807, 2.05) is 0 Å². The van der Waals surface area contributed by atoms with E-state index in [9.17, 15) is 18.4 Å². The number of carbonyl (C=O) groups is 1. The van der Waals surface area contributed by atoms with Crippen molar-refractivity contribution in [3.8, 4) is 0 Å². The quantitative estimate of drug-likeness (QED) is 0.656. The molecule has 2 aromatic heterocycles. The van der Waals surface area contributed by atoms with Crippen LogP contribution in [0.4, 0.5) is 14.6 Å². The number of nitrogens with two attached hydrogens (primary N) is 2. The van der Waals surface area contributed by atoms with E-state index in [0.717, 1.165) is 18.2 Å². The number of anilines is 1. The van der Waals surface area contributed by atoms with E-state index in [4.69, 9.17) is 15.9 Å². The Bertz CT molecular complexity index is 982. The number of primary amides is 1. The Balaban J connectivity index is 2.51. The lowest BCUT2D eigenvalue weighted by Crippen LogP contribution is -2.16. The summed E-state index contributed by atoms with van der Waals surface area (Å²) in [5.41, 5.74) is 9.45. The fraction of sp³-hybridized carbons (Fsp3) is 0. The minimum absolute atomic E-state index is 0.100. The van der Waals surface area contributed by atoms with Crippen molar-refractivity contribution in [2.45, 2.75) is 0 Å². The first-order chi connectivity index (χ1) is 9.88. The first-order valence-corrected chi connectivity index (χ1v) is 5.70. The van der Waals surface area contributed by atoms with Crippen molar-refractivity contribution in [2.75, 3.05) is 5.73 Å². The van der Waals surface area contributed by atoms with Crippen molar-refractivity contribution in [1.82, 2.24) is 4.98 Å². The van der Waals surface area contributed by atoms with Crippen LogP contribution in [0.2, 0.25) is 0 Å². The smallest absolute Gasteiger partial charge is 0.252 e. The summed E-state index contributed by atoms with van der Waals surface area (Å²) in [5, 5.41) is -0.278. The van der Waals surface area contributed by atoms with Crippen LogP contribution in [0, 0.1) is 11.6 Å². The van der Waals surface area contributed by atoms with Gasteiger partial charge in [-0.15, -0.1) is 0 Å². The molecule has 0 unspecified atom stereocenters. The average molecular weight is 291 g/mol. The number of nitrogen functional groups attached to an aromatic ring is 1. The van der Waals surface area contributed by atoms with Crippen LogP contribution in [0.25, 0.3) is 22.1 Å². The van der Waals surface area contributed by atoms with Gasteiger partial charge in [0.2, 0.25) is 11.1 Å². The summed E-state index contributed by atoms with van der Waals surface area (Å²) in [6.45, 7) is 0. The molecule has 0 saturated heterocycles. The highest BCUT2D eigenvalue weighted by molar-refractivity contribution is 6.01. The number of fused-ring (bicyclic) bond motifs is 2. The zero-order chi connectivity index (χ0) is 15.3. The Kier molecular flexibility index (Phi) is 2.62. The Morgan fingerprint density at radius 3 is 2.48 bits per heavy atom. The summed E-state index contributed by atoms with van der Waals surface area (Å²) in [5.74, 6) is -3.44. The first kappa shape index (κ1) is 13.0. The second-order valence-electron chi connectivity index (χ2n) is 4.33. The van der Waals surface area contributed by atoms with E-state index in [2.05, 4.69) is 4.98 Å². The molecule has 1 aromatic carbocycles. The summed E-state index contributed by atoms with van der Waals surface area (Å²) >= 11 is 0. The predicted molar refractivity (Wildman–Crippen MR) is 70.6 cm³/mol. The molecule has 0 atom stereocenters. The van der Waals surface area contributed by atoms with Gasteiger partial charge in [-0.05, 0) is 12.1 Å². The Morgan fingerprint density at radius 1 is 1.14 bits per heavy atom. The summed E-state index contributed by atoms with van der Waals surface area (Å²) < 4.78 is 31.6. The number of benzene rings is 1. The summed E-state index contributed by atoms with van der Waals surface area (Å²) in [7, 11) is 0. The van der Waals surface area contributed by atoms with Crippen LogP contribution in [-0.2, 0) is 0 Å². The fourth-order valence-corrected chi connectivity index (χ4v) is 1.99. The molecular formula is C13H7F2N3O3. The molecule has 0 fully saturated rings. The van der Waals surface area contributed by atoms with E-state index < -0.39 is 23.0 Å². The van der Waals surface area contributed by atoms with E-state index >= 15 is 0 Å². The molecule has 3 aromatic rings. The van der Waals surface area contributed by atoms with Gasteiger partial charge in [0.15, 0.2) is 11.6 Å². The van der Waals surface area contributed by atoms with Crippen LogP contribution in [0.15, 0.2) is 27.4 Å². The van der Waals surface area contributed by atoms with Gasteiger partial charge < -0.3 is 15.9 Å². The lowest BCUT2D eigenvalue weighted by atomic mass is 10.1. The molecule has 0 bridgehead atoms. The molecule has 1 amide bonds. The number of carbonyl (C=O) groups excluding carboxylic acids is 1. The highest BCUT2D eigenvalue weighted by atomic mass is 19.2. The zero-order valence-electron chi connectivity index (χ0n) is 10.3. The van der Waals surface area contributed by atoms with E-state index in [-0.39, 0.29) is 33.5 Å². The monoisotopic (exact) mass is 291 g/mol.